The molecule has 0 aliphatic carbocycles. The molecule has 0 saturated carbocycles. The van der Waals surface area contributed by atoms with Gasteiger partial charge >= 0.3 is 0 Å². The average molecular weight is 495 g/mol. The molecule has 1 N–H and O–H groups in total. The summed E-state index contributed by atoms with van der Waals surface area (Å²) in [5.74, 6) is 1.47. The monoisotopic (exact) mass is 494 g/mol. The number of nitrogens with zero attached hydrogens (tertiary/aromatic N) is 1. The van der Waals surface area contributed by atoms with E-state index in [0.29, 0.717) is 23.9 Å². The van der Waals surface area contributed by atoms with E-state index in [1.54, 1.807) is 26.3 Å². The minimum absolute atomic E-state index is 0.353. The number of nitrogens with one attached hydrogen (secondary N) is 1. The highest BCUT2D eigenvalue weighted by Crippen LogP contribution is 2.29. The molecule has 37 heavy (non-hydrogen) atoms. The van der Waals surface area contributed by atoms with Crippen molar-refractivity contribution < 1.29 is 19.0 Å². The SMILES string of the molecule is COc1cc(/C=N/NC(=O)C(C)Oc2ccc(-c3ccccc3)cc2)ccc1OCc1ccccc1C. The molecule has 0 bridgehead atoms. The highest BCUT2D eigenvalue weighted by Gasteiger charge is 2.14. The van der Waals surface area contributed by atoms with Crippen molar-refractivity contribution in [1.29, 1.82) is 0 Å². The van der Waals surface area contributed by atoms with Crippen LogP contribution in [0.3, 0.4) is 0 Å². The molecule has 1 atom stereocenters. The van der Waals surface area contributed by atoms with Crippen LogP contribution < -0.4 is 19.6 Å². The first kappa shape index (κ1) is 25.5. The number of aryl methyl sites for hydroxylation is 1. The number of hydrazone groups is 1. The van der Waals surface area contributed by atoms with Crippen molar-refractivity contribution in [2.75, 3.05) is 7.11 Å². The van der Waals surface area contributed by atoms with Crippen molar-refractivity contribution in [3.05, 3.63) is 114 Å². The van der Waals surface area contributed by atoms with Gasteiger partial charge in [0.15, 0.2) is 17.6 Å². The topological polar surface area (TPSA) is 69.2 Å². The maximum atomic E-state index is 12.5. The van der Waals surface area contributed by atoms with E-state index < -0.39 is 6.10 Å². The van der Waals surface area contributed by atoms with E-state index in [4.69, 9.17) is 14.2 Å². The molecular formula is C31H30N2O4. The van der Waals surface area contributed by atoms with Crippen molar-refractivity contribution in [3.63, 3.8) is 0 Å². The molecule has 0 aliphatic rings. The van der Waals surface area contributed by atoms with Gasteiger partial charge in [-0.2, -0.15) is 5.10 Å². The lowest BCUT2D eigenvalue weighted by molar-refractivity contribution is -0.127. The van der Waals surface area contributed by atoms with Crippen LogP contribution >= 0.6 is 0 Å². The molecule has 6 heteroatoms. The molecule has 4 rings (SSSR count). The van der Waals surface area contributed by atoms with Crippen molar-refractivity contribution >= 4 is 12.1 Å². The third kappa shape index (κ3) is 6.98. The van der Waals surface area contributed by atoms with Crippen LogP contribution in [0.15, 0.2) is 102 Å². The van der Waals surface area contributed by atoms with Crippen molar-refractivity contribution in [3.8, 4) is 28.4 Å². The van der Waals surface area contributed by atoms with Crippen LogP contribution in [0.5, 0.6) is 17.2 Å². The Balaban J connectivity index is 1.30. The smallest absolute Gasteiger partial charge is 0.280 e. The van der Waals surface area contributed by atoms with E-state index in [1.165, 1.54) is 5.56 Å². The average Bonchev–Trinajstić information content (AvgIpc) is 2.93. The fourth-order valence-corrected chi connectivity index (χ4v) is 3.69. The summed E-state index contributed by atoms with van der Waals surface area (Å²) >= 11 is 0. The zero-order valence-electron chi connectivity index (χ0n) is 21.2. The highest BCUT2D eigenvalue weighted by molar-refractivity contribution is 5.85. The van der Waals surface area contributed by atoms with Gasteiger partial charge in [0.25, 0.3) is 5.91 Å². The number of ether oxygens (including phenoxy) is 3. The Bertz CT molecular complexity index is 1350. The Labute approximate surface area is 217 Å². The molecule has 0 spiro atoms. The molecule has 1 unspecified atom stereocenters. The number of carbonyl (C=O) groups excluding carboxylic acids is 1. The second-order valence-electron chi connectivity index (χ2n) is 8.51. The van der Waals surface area contributed by atoms with Crippen molar-refractivity contribution in [1.82, 2.24) is 5.43 Å². The second kappa shape index (κ2) is 12.4. The summed E-state index contributed by atoms with van der Waals surface area (Å²) in [6.45, 7) is 4.18. The van der Waals surface area contributed by atoms with Gasteiger partial charge in [0.05, 0.1) is 13.3 Å². The van der Waals surface area contributed by atoms with E-state index in [2.05, 4.69) is 23.5 Å². The van der Waals surface area contributed by atoms with E-state index in [9.17, 15) is 4.79 Å². The standard InChI is InChI=1S/C31H30N2O4/c1-22-9-7-8-12-27(22)21-36-29-18-13-24(19-30(29)35-3)20-32-33-31(34)23(2)37-28-16-14-26(15-17-28)25-10-5-4-6-11-25/h4-20,23H,21H2,1-3H3,(H,33,34)/b32-20+. The van der Waals surface area contributed by atoms with Gasteiger partial charge in [-0.15, -0.1) is 0 Å². The Kier molecular flexibility index (Phi) is 8.55. The summed E-state index contributed by atoms with van der Waals surface area (Å²) in [6, 6.07) is 31.3. The van der Waals surface area contributed by atoms with Crippen molar-refractivity contribution in [2.24, 2.45) is 5.10 Å². The lowest BCUT2D eigenvalue weighted by Gasteiger charge is -2.13. The van der Waals surface area contributed by atoms with Gasteiger partial charge in [-0.05, 0) is 72.0 Å². The first-order valence-corrected chi connectivity index (χ1v) is 12.0. The molecule has 188 valence electrons. The highest BCUT2D eigenvalue weighted by atomic mass is 16.5. The number of hydrogen-bond acceptors (Lipinski definition) is 5. The second-order valence-corrected chi connectivity index (χ2v) is 8.51. The first-order valence-electron chi connectivity index (χ1n) is 12.0. The molecule has 0 aliphatic heterocycles. The fourth-order valence-electron chi connectivity index (χ4n) is 3.69. The predicted molar refractivity (Wildman–Crippen MR) is 146 cm³/mol. The molecular weight excluding hydrogens is 464 g/mol. The number of methoxy groups -OCH3 is 1. The Hall–Kier alpha value is -4.58. The largest absolute Gasteiger partial charge is 0.493 e. The number of rotatable bonds is 10. The molecule has 4 aromatic rings. The molecule has 0 radical (unpaired) electrons. The van der Waals surface area contributed by atoms with Gasteiger partial charge in [0.1, 0.15) is 12.4 Å². The van der Waals surface area contributed by atoms with E-state index in [1.807, 2.05) is 84.9 Å². The maximum Gasteiger partial charge on any atom is 0.280 e. The van der Waals surface area contributed by atoms with Crippen LogP contribution in [0.1, 0.15) is 23.6 Å². The van der Waals surface area contributed by atoms with Gasteiger partial charge in [-0.3, -0.25) is 4.79 Å². The third-order valence-electron chi connectivity index (χ3n) is 5.86. The summed E-state index contributed by atoms with van der Waals surface area (Å²) in [5, 5.41) is 4.07. The van der Waals surface area contributed by atoms with E-state index in [-0.39, 0.29) is 5.91 Å². The molecule has 0 saturated heterocycles. The van der Waals surface area contributed by atoms with Crippen LogP contribution in [0, 0.1) is 6.92 Å². The van der Waals surface area contributed by atoms with Gasteiger partial charge in [0, 0.05) is 0 Å². The van der Waals surface area contributed by atoms with E-state index in [0.717, 1.165) is 22.3 Å². The van der Waals surface area contributed by atoms with Gasteiger partial charge in [-0.25, -0.2) is 5.43 Å². The Morgan fingerprint density at radius 2 is 1.59 bits per heavy atom. The van der Waals surface area contributed by atoms with Crippen molar-refractivity contribution in [2.45, 2.75) is 26.6 Å². The minimum atomic E-state index is -0.716. The van der Waals surface area contributed by atoms with Gasteiger partial charge < -0.3 is 14.2 Å². The number of hydrogen-bond donors (Lipinski definition) is 1. The molecule has 6 nitrogen and oxygen atoms in total. The Morgan fingerprint density at radius 1 is 0.892 bits per heavy atom. The lowest BCUT2D eigenvalue weighted by Crippen LogP contribution is -2.33. The summed E-state index contributed by atoms with van der Waals surface area (Å²) in [4.78, 5) is 12.5. The number of benzene rings is 4. The van der Waals surface area contributed by atoms with E-state index >= 15 is 0 Å². The summed E-state index contributed by atoms with van der Waals surface area (Å²) in [5.41, 5.74) is 7.77. The predicted octanol–water partition coefficient (Wildman–Crippen LogP) is 6.17. The van der Waals surface area contributed by atoms with Gasteiger partial charge in [0.2, 0.25) is 0 Å². The summed E-state index contributed by atoms with van der Waals surface area (Å²) in [6.07, 6.45) is 0.832. The maximum absolute atomic E-state index is 12.5. The number of carbonyl (C=O) groups is 1. The molecule has 4 aromatic carbocycles. The molecule has 0 fully saturated rings. The van der Waals surface area contributed by atoms with Crippen LogP contribution in [0.2, 0.25) is 0 Å². The van der Waals surface area contributed by atoms with Crippen LogP contribution in [-0.4, -0.2) is 25.3 Å². The molecule has 0 aromatic heterocycles. The summed E-state index contributed by atoms with van der Waals surface area (Å²) in [7, 11) is 1.59. The lowest BCUT2D eigenvalue weighted by atomic mass is 10.1. The normalized spacial score (nSPS) is 11.6. The Morgan fingerprint density at radius 3 is 2.32 bits per heavy atom. The molecule has 1 amide bonds. The number of amides is 1. The summed E-state index contributed by atoms with van der Waals surface area (Å²) < 4.78 is 17.2. The first-order chi connectivity index (χ1) is 18.0. The third-order valence-corrected chi connectivity index (χ3v) is 5.86. The van der Waals surface area contributed by atoms with Crippen LogP contribution in [-0.2, 0) is 11.4 Å². The molecule has 0 heterocycles. The zero-order chi connectivity index (χ0) is 26.0. The van der Waals surface area contributed by atoms with Crippen LogP contribution in [0.25, 0.3) is 11.1 Å². The zero-order valence-corrected chi connectivity index (χ0v) is 21.2. The van der Waals surface area contributed by atoms with Gasteiger partial charge in [-0.1, -0.05) is 66.7 Å². The van der Waals surface area contributed by atoms with Crippen LogP contribution in [0.4, 0.5) is 0 Å². The quantitative estimate of drug-likeness (QED) is 0.212. The minimum Gasteiger partial charge on any atom is -0.493 e. The fraction of sp³-hybridized carbons (Fsp3) is 0.161.